The highest BCUT2D eigenvalue weighted by atomic mass is 16.5. The summed E-state index contributed by atoms with van der Waals surface area (Å²) in [5.41, 5.74) is 0.476. The van der Waals surface area contributed by atoms with Gasteiger partial charge in [-0.05, 0) is 26.0 Å². The molecule has 26 heavy (non-hydrogen) atoms. The van der Waals surface area contributed by atoms with Gasteiger partial charge in [-0.15, -0.1) is 0 Å². The first-order chi connectivity index (χ1) is 12.4. The van der Waals surface area contributed by atoms with Crippen molar-refractivity contribution in [1.82, 2.24) is 10.5 Å². The quantitative estimate of drug-likeness (QED) is 0.698. The molecule has 138 valence electrons. The van der Waals surface area contributed by atoms with Crippen molar-refractivity contribution >= 4 is 23.4 Å². The molecule has 2 aromatic rings. The van der Waals surface area contributed by atoms with Gasteiger partial charge in [0.25, 0.3) is 0 Å². The summed E-state index contributed by atoms with van der Waals surface area (Å²) >= 11 is 0. The van der Waals surface area contributed by atoms with Crippen molar-refractivity contribution in [1.29, 1.82) is 0 Å². The molecule has 1 unspecified atom stereocenters. The lowest BCUT2D eigenvalue weighted by molar-refractivity contribution is -0.126. The maximum atomic E-state index is 12.1. The molecule has 0 fully saturated rings. The molecular formula is C18H21N3O5. The van der Waals surface area contributed by atoms with E-state index < -0.39 is 11.9 Å². The van der Waals surface area contributed by atoms with E-state index in [0.717, 1.165) is 0 Å². The van der Waals surface area contributed by atoms with Gasteiger partial charge in [0, 0.05) is 24.5 Å². The highest BCUT2D eigenvalue weighted by Crippen LogP contribution is 2.14. The molecule has 1 aromatic carbocycles. The monoisotopic (exact) mass is 359 g/mol. The van der Waals surface area contributed by atoms with E-state index >= 15 is 0 Å². The number of carbonyl (C=O) groups is 3. The van der Waals surface area contributed by atoms with Crippen LogP contribution in [-0.4, -0.2) is 35.9 Å². The zero-order valence-electron chi connectivity index (χ0n) is 14.9. The summed E-state index contributed by atoms with van der Waals surface area (Å²) in [4.78, 5) is 36.1. The minimum absolute atomic E-state index is 0.0171. The molecule has 0 saturated carbocycles. The van der Waals surface area contributed by atoms with Gasteiger partial charge < -0.3 is 19.9 Å². The number of nitrogens with one attached hydrogen (secondary N) is 2. The Bertz CT molecular complexity index is 800. The molecule has 8 nitrogen and oxygen atoms in total. The normalized spacial score (nSPS) is 11.5. The zero-order chi connectivity index (χ0) is 19.1. The van der Waals surface area contributed by atoms with Crippen molar-refractivity contribution in [2.24, 2.45) is 0 Å². The lowest BCUT2D eigenvalue weighted by Gasteiger charge is -2.12. The molecule has 0 aliphatic heterocycles. The second kappa shape index (κ2) is 8.80. The van der Waals surface area contributed by atoms with Crippen LogP contribution in [0.4, 0.5) is 5.82 Å². The predicted molar refractivity (Wildman–Crippen MR) is 94.0 cm³/mol. The Labute approximate surface area is 150 Å². The van der Waals surface area contributed by atoms with Crippen molar-refractivity contribution in [2.45, 2.75) is 32.7 Å². The lowest BCUT2D eigenvalue weighted by atomic mass is 10.1. The number of nitrogens with zero attached hydrogens (tertiary/aromatic N) is 1. The number of Topliss-reactive ketones (excluding diaryl/α,β-unsaturated/α-hetero) is 1. The summed E-state index contributed by atoms with van der Waals surface area (Å²) in [5, 5.41) is 8.73. The van der Waals surface area contributed by atoms with E-state index in [9.17, 15) is 14.4 Å². The molecule has 1 atom stereocenters. The Balaban J connectivity index is 1.80. The molecule has 1 aromatic heterocycles. The Morgan fingerprint density at radius 3 is 2.65 bits per heavy atom. The fourth-order valence-electron chi connectivity index (χ4n) is 2.21. The van der Waals surface area contributed by atoms with Crippen LogP contribution in [0, 0.1) is 6.92 Å². The molecule has 0 saturated heterocycles. The molecule has 2 amide bonds. The number of aryl methyl sites for hydroxylation is 1. The highest BCUT2D eigenvalue weighted by Gasteiger charge is 2.18. The van der Waals surface area contributed by atoms with Gasteiger partial charge in [0.2, 0.25) is 11.8 Å². The van der Waals surface area contributed by atoms with Crippen molar-refractivity contribution < 1.29 is 23.6 Å². The third-order valence-electron chi connectivity index (χ3n) is 3.62. The molecular weight excluding hydrogens is 338 g/mol. The maximum absolute atomic E-state index is 12.1. The summed E-state index contributed by atoms with van der Waals surface area (Å²) in [7, 11) is 1.52. The number of benzene rings is 1. The van der Waals surface area contributed by atoms with Gasteiger partial charge in [0.1, 0.15) is 17.6 Å². The highest BCUT2D eigenvalue weighted by molar-refractivity contribution is 5.99. The molecule has 1 heterocycles. The average molecular weight is 359 g/mol. The van der Waals surface area contributed by atoms with Crippen LogP contribution in [-0.2, 0) is 9.59 Å². The minimum atomic E-state index is -0.772. The topological polar surface area (TPSA) is 111 Å². The number of rotatable bonds is 8. The van der Waals surface area contributed by atoms with E-state index in [4.69, 9.17) is 9.26 Å². The largest absolute Gasteiger partial charge is 0.497 e. The molecule has 0 spiro atoms. The van der Waals surface area contributed by atoms with Crippen molar-refractivity contribution in [3.63, 3.8) is 0 Å². The summed E-state index contributed by atoms with van der Waals surface area (Å²) in [5.74, 6) is 0.434. The number of anilines is 1. The smallest absolute Gasteiger partial charge is 0.247 e. The molecule has 8 heteroatoms. The van der Waals surface area contributed by atoms with Gasteiger partial charge in [0.05, 0.1) is 7.11 Å². The minimum Gasteiger partial charge on any atom is -0.497 e. The van der Waals surface area contributed by atoms with Crippen LogP contribution in [0.5, 0.6) is 5.75 Å². The molecule has 2 N–H and O–H groups in total. The van der Waals surface area contributed by atoms with E-state index in [-0.39, 0.29) is 30.3 Å². The second-order valence-corrected chi connectivity index (χ2v) is 5.76. The lowest BCUT2D eigenvalue weighted by Crippen LogP contribution is -2.41. The van der Waals surface area contributed by atoms with Crippen LogP contribution in [0.3, 0.4) is 0 Å². The maximum Gasteiger partial charge on any atom is 0.247 e. The van der Waals surface area contributed by atoms with Crippen molar-refractivity contribution in [3.05, 3.63) is 41.7 Å². The zero-order valence-corrected chi connectivity index (χ0v) is 14.9. The van der Waals surface area contributed by atoms with Crippen LogP contribution in [0.1, 0.15) is 35.9 Å². The van der Waals surface area contributed by atoms with E-state index in [0.29, 0.717) is 17.1 Å². The first-order valence-electron chi connectivity index (χ1n) is 8.10. The number of ether oxygens (including phenoxy) is 1. The van der Waals surface area contributed by atoms with Gasteiger partial charge in [-0.25, -0.2) is 0 Å². The summed E-state index contributed by atoms with van der Waals surface area (Å²) in [6.07, 6.45) is 0.0204. The first kappa shape index (κ1) is 19.2. The standard InChI is InChI=1S/C18H21N3O5/c1-11-9-16(21-26-11)20-18(24)12(2)19-17(23)8-7-15(22)13-5-4-6-14(10-13)25-3/h4-6,9-10,12H,7-8H2,1-3H3,(H,19,23)(H,20,21,24). The molecule has 0 radical (unpaired) electrons. The number of hydrogen-bond acceptors (Lipinski definition) is 6. The summed E-state index contributed by atoms with van der Waals surface area (Å²) < 4.78 is 9.92. The van der Waals surface area contributed by atoms with Crippen LogP contribution in [0.25, 0.3) is 0 Å². The third kappa shape index (κ3) is 5.44. The second-order valence-electron chi connectivity index (χ2n) is 5.76. The summed E-state index contributed by atoms with van der Waals surface area (Å²) in [6.45, 7) is 3.25. The van der Waals surface area contributed by atoms with E-state index in [1.54, 1.807) is 44.2 Å². The Morgan fingerprint density at radius 1 is 1.23 bits per heavy atom. The number of methoxy groups -OCH3 is 1. The van der Waals surface area contributed by atoms with E-state index in [1.807, 2.05) is 0 Å². The molecule has 0 aliphatic rings. The van der Waals surface area contributed by atoms with E-state index in [2.05, 4.69) is 15.8 Å². The Hall–Kier alpha value is -3.16. The average Bonchev–Trinajstić information content (AvgIpc) is 3.04. The summed E-state index contributed by atoms with van der Waals surface area (Å²) in [6, 6.07) is 7.53. The van der Waals surface area contributed by atoms with Crippen LogP contribution in [0.15, 0.2) is 34.9 Å². The molecule has 2 rings (SSSR count). The van der Waals surface area contributed by atoms with E-state index in [1.165, 1.54) is 7.11 Å². The van der Waals surface area contributed by atoms with Gasteiger partial charge in [-0.3, -0.25) is 14.4 Å². The number of carbonyl (C=O) groups excluding carboxylic acids is 3. The first-order valence-corrected chi connectivity index (χ1v) is 8.10. The van der Waals surface area contributed by atoms with Crippen LogP contribution >= 0.6 is 0 Å². The Morgan fingerprint density at radius 2 is 2.00 bits per heavy atom. The molecule has 0 bridgehead atoms. The van der Waals surface area contributed by atoms with Gasteiger partial charge >= 0.3 is 0 Å². The van der Waals surface area contributed by atoms with Crippen LogP contribution < -0.4 is 15.4 Å². The number of ketones is 1. The number of amides is 2. The van der Waals surface area contributed by atoms with Crippen molar-refractivity contribution in [2.75, 3.05) is 12.4 Å². The number of aromatic nitrogens is 1. The fraction of sp³-hybridized carbons (Fsp3) is 0.333. The SMILES string of the molecule is COc1cccc(C(=O)CCC(=O)NC(C)C(=O)Nc2cc(C)on2)c1. The van der Waals surface area contributed by atoms with Gasteiger partial charge in [-0.2, -0.15) is 0 Å². The van der Waals surface area contributed by atoms with Gasteiger partial charge in [0.15, 0.2) is 11.6 Å². The van der Waals surface area contributed by atoms with Crippen LogP contribution in [0.2, 0.25) is 0 Å². The number of hydrogen-bond donors (Lipinski definition) is 2. The predicted octanol–water partition coefficient (Wildman–Crippen LogP) is 2.10. The third-order valence-corrected chi connectivity index (χ3v) is 3.62. The fourth-order valence-corrected chi connectivity index (χ4v) is 2.21. The molecule has 0 aliphatic carbocycles. The van der Waals surface area contributed by atoms with Crippen molar-refractivity contribution in [3.8, 4) is 5.75 Å². The Kier molecular flexibility index (Phi) is 6.48. The van der Waals surface area contributed by atoms with Gasteiger partial charge in [-0.1, -0.05) is 17.3 Å².